The third kappa shape index (κ3) is 6.06. The molecule has 0 aromatic heterocycles. The number of hydrogen-bond donors (Lipinski definition) is 0. The van der Waals surface area contributed by atoms with Crippen LogP contribution >= 0.6 is 209 Å². The fourth-order valence-corrected chi connectivity index (χ4v) is 6.90. The van der Waals surface area contributed by atoms with Crippen LogP contribution < -0.4 is 0 Å². The quantitative estimate of drug-likeness (QED) is 0.251. The fraction of sp³-hybridized carbons (Fsp3) is 0.533. The van der Waals surface area contributed by atoms with Crippen LogP contribution in [0.5, 0.6) is 0 Å². The molecule has 0 nitrogen and oxygen atoms in total. The van der Waals surface area contributed by atoms with E-state index in [0.717, 1.165) is 0 Å². The van der Waals surface area contributed by atoms with E-state index in [1.165, 1.54) is 18.2 Å². The van der Waals surface area contributed by atoms with Crippen molar-refractivity contribution in [2.75, 3.05) is 0 Å². The molecule has 0 heterocycles. The van der Waals surface area contributed by atoms with Crippen molar-refractivity contribution in [3.05, 3.63) is 41.8 Å². The summed E-state index contributed by atoms with van der Waals surface area (Å²) in [7, 11) is 0. The highest BCUT2D eigenvalue weighted by molar-refractivity contribution is 6.81. The molecule has 1 aromatic rings. The van der Waals surface area contributed by atoms with Gasteiger partial charge in [-0.05, 0) is 23.6 Å². The average Bonchev–Trinajstić information content (AvgIpc) is 2.58. The van der Waals surface area contributed by atoms with Gasteiger partial charge in [-0.15, -0.1) is 0 Å². The van der Waals surface area contributed by atoms with Crippen molar-refractivity contribution in [1.29, 1.82) is 0 Å². The molecule has 0 spiro atoms. The minimum atomic E-state index is -2.61. The Hall–Kier alpha value is 4.44. The molecule has 1 radical (unpaired) electrons. The first-order valence-electron chi connectivity index (χ1n) is 7.50. The molecule has 0 fully saturated rings. The molecule has 0 aliphatic carbocycles. The molecule has 191 valence electrons. The van der Waals surface area contributed by atoms with Crippen molar-refractivity contribution in [1.82, 2.24) is 0 Å². The molecule has 0 bridgehead atoms. The van der Waals surface area contributed by atoms with Gasteiger partial charge in [0.25, 0.3) is 0 Å². The highest BCUT2D eigenvalue weighted by Crippen LogP contribution is 2.68. The molecule has 1 aromatic carbocycles. The molecule has 0 aliphatic rings. The minimum absolute atomic E-state index is 0.134. The summed E-state index contributed by atoms with van der Waals surface area (Å²) in [4.78, 5) is 0. The summed E-state index contributed by atoms with van der Waals surface area (Å²) in [5.74, 6) is 0. The van der Waals surface area contributed by atoms with Crippen LogP contribution in [0.3, 0.4) is 0 Å². The van der Waals surface area contributed by atoms with Gasteiger partial charge in [0.15, 0.2) is 17.3 Å². The van der Waals surface area contributed by atoms with Crippen LogP contribution in [0.25, 0.3) is 0 Å². The van der Waals surface area contributed by atoms with Crippen LogP contribution in [0.4, 0.5) is 0 Å². The Kier molecular flexibility index (Phi) is 11.8. The SMILES string of the molecule is [CH2]c1c(C(Cl)(Cl)C(Cl)(Cl)C(Cl)(Cl)C(Cl)(Cl)Cl)cccc1C(Cl)(Cl)C(Cl)(Cl)C(Cl)(Cl)C(Cl)(Cl)Cl. The maximum Gasteiger partial charge on any atom is 0.226 e. The molecule has 0 amide bonds. The normalized spacial score (nSPS) is 15.7. The number of alkyl halides is 18. The molecule has 0 aliphatic heterocycles. The fourth-order valence-electron chi connectivity index (χ4n) is 2.26. The molecule has 18 heteroatoms. The second kappa shape index (κ2) is 11.0. The van der Waals surface area contributed by atoms with Crippen molar-refractivity contribution in [3.63, 3.8) is 0 Å². The third-order valence-corrected chi connectivity index (χ3v) is 15.0. The van der Waals surface area contributed by atoms with Crippen LogP contribution in [0.15, 0.2) is 18.2 Å². The van der Waals surface area contributed by atoms with E-state index in [-0.39, 0.29) is 16.7 Å². The third-order valence-electron chi connectivity index (χ3n) is 4.14. The zero-order chi connectivity index (χ0) is 26.9. The Morgan fingerprint density at radius 1 is 0.424 bits per heavy atom. The van der Waals surface area contributed by atoms with E-state index < -0.39 is 33.6 Å². The highest BCUT2D eigenvalue weighted by Gasteiger charge is 2.70. The van der Waals surface area contributed by atoms with Gasteiger partial charge in [-0.3, -0.25) is 0 Å². The van der Waals surface area contributed by atoms with Crippen molar-refractivity contribution in [2.45, 2.75) is 33.6 Å². The van der Waals surface area contributed by atoms with Crippen LogP contribution in [0, 0.1) is 6.92 Å². The Morgan fingerprint density at radius 2 is 0.667 bits per heavy atom. The standard InChI is InChI=1S/C15H5Cl18/c1-5-6(8(16,17)10(20,21)12(24,25)14(28,29)30)3-2-4-7(5)9(18,19)11(22,23)13(26,27)15(31,32)33/h2-4H,1H2. The lowest BCUT2D eigenvalue weighted by molar-refractivity contribution is 0.587. The van der Waals surface area contributed by atoms with E-state index in [1.54, 1.807) is 0 Å². The Balaban J connectivity index is 3.83. The Bertz CT molecular complexity index is 804. The second-order valence-electron chi connectivity index (χ2n) is 6.27. The van der Waals surface area contributed by atoms with E-state index in [0.29, 0.717) is 0 Å². The number of rotatable bonds is 6. The Morgan fingerprint density at radius 3 is 0.879 bits per heavy atom. The first kappa shape index (κ1) is 35.5. The number of hydrogen-bond acceptors (Lipinski definition) is 0. The van der Waals surface area contributed by atoms with Crippen molar-refractivity contribution < 1.29 is 0 Å². The smallest absolute Gasteiger partial charge is 0.0943 e. The summed E-state index contributed by atoms with van der Waals surface area (Å²) in [5.41, 5.74) is -0.454. The molecular formula is C15H5Cl18. The van der Waals surface area contributed by atoms with Gasteiger partial charge in [0, 0.05) is 0 Å². The summed E-state index contributed by atoms with van der Waals surface area (Å²) in [6.07, 6.45) is 0. The summed E-state index contributed by atoms with van der Waals surface area (Å²) < 4.78 is -20.2. The number of halogens is 18. The van der Waals surface area contributed by atoms with E-state index in [9.17, 15) is 0 Å². The molecule has 33 heavy (non-hydrogen) atoms. The molecule has 0 N–H and O–H groups in total. The van der Waals surface area contributed by atoms with Gasteiger partial charge in [-0.25, -0.2) is 0 Å². The van der Waals surface area contributed by atoms with E-state index in [1.807, 2.05) is 0 Å². The predicted octanol–water partition coefficient (Wildman–Crippen LogP) is 12.6. The van der Waals surface area contributed by atoms with Crippen molar-refractivity contribution in [3.8, 4) is 0 Å². The van der Waals surface area contributed by atoms with Gasteiger partial charge in [0.05, 0.1) is 0 Å². The molecule has 0 unspecified atom stereocenters. The summed E-state index contributed by atoms with van der Waals surface area (Å²) in [6, 6.07) is 3.96. The maximum absolute atomic E-state index is 6.50. The van der Waals surface area contributed by atoms with Gasteiger partial charge in [-0.2, -0.15) is 0 Å². The Labute approximate surface area is 280 Å². The highest BCUT2D eigenvalue weighted by atomic mass is 35.6. The lowest BCUT2D eigenvalue weighted by atomic mass is 9.93. The van der Waals surface area contributed by atoms with E-state index in [4.69, 9.17) is 209 Å². The van der Waals surface area contributed by atoms with Crippen LogP contribution in [0.2, 0.25) is 0 Å². The van der Waals surface area contributed by atoms with Gasteiger partial charge in [-0.1, -0.05) is 227 Å². The maximum atomic E-state index is 6.50. The summed E-state index contributed by atoms with van der Waals surface area (Å²) >= 11 is 111. The van der Waals surface area contributed by atoms with Crippen molar-refractivity contribution >= 4 is 209 Å². The van der Waals surface area contributed by atoms with Gasteiger partial charge in [0.1, 0.15) is 0 Å². The number of benzene rings is 1. The monoisotopic (exact) mass is 814 g/mol. The molecule has 0 atom stereocenters. The van der Waals surface area contributed by atoms with Gasteiger partial charge >= 0.3 is 0 Å². The largest absolute Gasteiger partial charge is 0.226 e. The van der Waals surface area contributed by atoms with Crippen LogP contribution in [-0.4, -0.2) is 24.9 Å². The van der Waals surface area contributed by atoms with Crippen LogP contribution in [-0.2, 0) is 8.67 Å². The first-order chi connectivity index (χ1) is 14.1. The topological polar surface area (TPSA) is 0 Å². The van der Waals surface area contributed by atoms with Gasteiger partial charge < -0.3 is 0 Å². The lowest BCUT2D eigenvalue weighted by Crippen LogP contribution is -2.56. The molecule has 1 rings (SSSR count). The predicted molar refractivity (Wildman–Crippen MR) is 156 cm³/mol. The van der Waals surface area contributed by atoms with Crippen molar-refractivity contribution in [2.24, 2.45) is 0 Å². The first-order valence-corrected chi connectivity index (χ1v) is 14.3. The average molecular weight is 823 g/mol. The lowest BCUT2D eigenvalue weighted by Gasteiger charge is -2.46. The summed E-state index contributed by atoms with van der Waals surface area (Å²) in [5, 5.41) is 0. The molecule has 0 saturated carbocycles. The second-order valence-corrected chi connectivity index (χ2v) is 18.8. The van der Waals surface area contributed by atoms with E-state index >= 15 is 0 Å². The van der Waals surface area contributed by atoms with Gasteiger partial charge in [0.2, 0.25) is 16.3 Å². The minimum Gasteiger partial charge on any atom is -0.0943 e. The zero-order valence-electron chi connectivity index (χ0n) is 14.7. The molecule has 0 saturated heterocycles. The summed E-state index contributed by atoms with van der Waals surface area (Å²) in [6.45, 7) is 3.83. The van der Waals surface area contributed by atoms with E-state index in [2.05, 4.69) is 6.92 Å². The van der Waals surface area contributed by atoms with Crippen LogP contribution in [0.1, 0.15) is 16.7 Å². The zero-order valence-corrected chi connectivity index (χ0v) is 28.3. The molecular weight excluding hydrogens is 818 g/mol.